The number of nitrogens with zero attached hydrogens (tertiary/aromatic N) is 2. The molecule has 1 aliphatic heterocycles. The van der Waals surface area contributed by atoms with Gasteiger partial charge in [0.1, 0.15) is 5.00 Å². The van der Waals surface area contributed by atoms with Crippen molar-refractivity contribution in [1.82, 2.24) is 10.1 Å². The highest BCUT2D eigenvalue weighted by Crippen LogP contribution is 2.43. The molecule has 9 nitrogen and oxygen atoms in total. The number of amides is 1. The summed E-state index contributed by atoms with van der Waals surface area (Å²) in [5.74, 6) is 0.610. The monoisotopic (exact) mass is 462 g/mol. The lowest BCUT2D eigenvalue weighted by Crippen LogP contribution is -2.15. The number of nitrogens with one attached hydrogen (secondary N) is 2. The van der Waals surface area contributed by atoms with Gasteiger partial charge in [-0.15, -0.1) is 11.3 Å². The normalized spacial score (nSPS) is 13.6. The second kappa shape index (κ2) is 8.40. The van der Waals surface area contributed by atoms with E-state index in [-0.39, 0.29) is 16.7 Å². The largest absolute Gasteiger partial charge is 0.376 e. The maximum Gasteiger partial charge on any atom is 0.262 e. The van der Waals surface area contributed by atoms with E-state index < -0.39 is 10.0 Å². The van der Waals surface area contributed by atoms with Gasteiger partial charge in [-0.3, -0.25) is 9.52 Å². The minimum Gasteiger partial charge on any atom is -0.376 e. The van der Waals surface area contributed by atoms with Gasteiger partial charge in [0.15, 0.2) is 5.82 Å². The van der Waals surface area contributed by atoms with Gasteiger partial charge in [-0.25, -0.2) is 8.42 Å². The van der Waals surface area contributed by atoms with Crippen molar-refractivity contribution in [3.05, 3.63) is 40.0 Å². The molecule has 31 heavy (non-hydrogen) atoms. The van der Waals surface area contributed by atoms with E-state index in [4.69, 9.17) is 9.26 Å². The Morgan fingerprint density at radius 1 is 1.29 bits per heavy atom. The van der Waals surface area contributed by atoms with Gasteiger partial charge in [-0.2, -0.15) is 4.98 Å². The number of thiophene rings is 1. The lowest BCUT2D eigenvalue weighted by molar-refractivity contribution is -0.115. The molecule has 0 fully saturated rings. The average Bonchev–Trinajstić information content (AvgIpc) is 3.29. The van der Waals surface area contributed by atoms with E-state index >= 15 is 0 Å². The number of hydrogen-bond donors (Lipinski definition) is 2. The number of fused-ring (bicyclic) bond motifs is 1. The average molecular weight is 463 g/mol. The summed E-state index contributed by atoms with van der Waals surface area (Å²) in [6.45, 7) is 6.10. The fourth-order valence-electron chi connectivity index (χ4n) is 3.38. The third-order valence-electron chi connectivity index (χ3n) is 4.86. The van der Waals surface area contributed by atoms with E-state index in [1.165, 1.54) is 17.4 Å². The summed E-state index contributed by atoms with van der Waals surface area (Å²) in [6.07, 6.45) is 0.973. The molecular weight excluding hydrogens is 440 g/mol. The zero-order valence-electron chi connectivity index (χ0n) is 17.3. The first-order valence-corrected chi connectivity index (χ1v) is 12.0. The molecule has 0 aliphatic carbocycles. The molecule has 1 aliphatic rings. The fraction of sp³-hybridized carbons (Fsp3) is 0.350. The highest BCUT2D eigenvalue weighted by atomic mass is 32.2. The molecule has 0 saturated heterocycles. The SMILES string of the molecule is CCC(=O)Nc1ccc(S(=O)(=O)Nc2sc3c(c2-c2nc(C)no2)CCOC3)c(C)c1. The van der Waals surface area contributed by atoms with Gasteiger partial charge < -0.3 is 14.6 Å². The summed E-state index contributed by atoms with van der Waals surface area (Å²) in [5, 5.41) is 7.00. The molecule has 0 saturated carbocycles. The van der Waals surface area contributed by atoms with Crippen molar-refractivity contribution < 1.29 is 22.5 Å². The molecule has 2 N–H and O–H groups in total. The molecule has 4 rings (SSSR count). The fourth-order valence-corrected chi connectivity index (χ4v) is 6.09. The summed E-state index contributed by atoms with van der Waals surface area (Å²) < 4.78 is 40.0. The minimum atomic E-state index is -3.90. The van der Waals surface area contributed by atoms with E-state index in [0.29, 0.717) is 53.7 Å². The van der Waals surface area contributed by atoms with Gasteiger partial charge in [-0.05, 0) is 49.6 Å². The molecule has 0 radical (unpaired) electrons. The number of carbonyl (C=O) groups excluding carboxylic acids is 1. The van der Waals surface area contributed by atoms with Gasteiger partial charge >= 0.3 is 0 Å². The topological polar surface area (TPSA) is 123 Å². The number of hydrogen-bond acceptors (Lipinski definition) is 8. The zero-order chi connectivity index (χ0) is 22.2. The maximum atomic E-state index is 13.2. The van der Waals surface area contributed by atoms with Gasteiger partial charge in [-0.1, -0.05) is 12.1 Å². The van der Waals surface area contributed by atoms with Gasteiger partial charge in [0.2, 0.25) is 5.91 Å². The van der Waals surface area contributed by atoms with Crippen molar-refractivity contribution in [1.29, 1.82) is 0 Å². The van der Waals surface area contributed by atoms with Crippen molar-refractivity contribution in [3.63, 3.8) is 0 Å². The quantitative estimate of drug-likeness (QED) is 0.573. The molecule has 1 amide bonds. The van der Waals surface area contributed by atoms with Crippen molar-refractivity contribution in [2.45, 2.75) is 45.1 Å². The van der Waals surface area contributed by atoms with Gasteiger partial charge in [0.05, 0.1) is 23.7 Å². The molecule has 3 heterocycles. The van der Waals surface area contributed by atoms with Crippen LogP contribution < -0.4 is 10.0 Å². The number of ether oxygens (including phenoxy) is 1. The number of sulfonamides is 1. The molecular formula is C20H22N4O5S2. The summed E-state index contributed by atoms with van der Waals surface area (Å²) in [5.41, 5.74) is 2.64. The molecule has 11 heteroatoms. The number of rotatable bonds is 6. The minimum absolute atomic E-state index is 0.122. The smallest absolute Gasteiger partial charge is 0.262 e. The number of aromatic nitrogens is 2. The van der Waals surface area contributed by atoms with Crippen LogP contribution in [-0.4, -0.2) is 31.1 Å². The lowest BCUT2D eigenvalue weighted by Gasteiger charge is -2.13. The molecule has 0 bridgehead atoms. The Kier molecular flexibility index (Phi) is 5.82. The summed E-state index contributed by atoms with van der Waals surface area (Å²) in [6, 6.07) is 4.69. The van der Waals surface area contributed by atoms with Crippen LogP contribution >= 0.6 is 11.3 Å². The maximum absolute atomic E-state index is 13.2. The Hall–Kier alpha value is -2.76. The summed E-state index contributed by atoms with van der Waals surface area (Å²) >= 11 is 1.31. The predicted molar refractivity (Wildman–Crippen MR) is 117 cm³/mol. The highest BCUT2D eigenvalue weighted by Gasteiger charge is 2.29. The molecule has 0 atom stereocenters. The Balaban J connectivity index is 1.70. The van der Waals surface area contributed by atoms with E-state index in [1.807, 2.05) is 0 Å². The Bertz CT molecular complexity index is 1250. The van der Waals surface area contributed by atoms with Crippen LogP contribution in [0.2, 0.25) is 0 Å². The van der Waals surface area contributed by atoms with Crippen LogP contribution in [0.5, 0.6) is 0 Å². The Morgan fingerprint density at radius 2 is 2.10 bits per heavy atom. The zero-order valence-corrected chi connectivity index (χ0v) is 18.9. The number of carbonyl (C=O) groups is 1. The Labute approximate surface area is 183 Å². The van der Waals surface area contributed by atoms with Crippen molar-refractivity contribution >= 4 is 38.0 Å². The molecule has 3 aromatic rings. The molecule has 2 aromatic heterocycles. The second-order valence-corrected chi connectivity index (χ2v) is 9.90. The first kappa shape index (κ1) is 21.5. The van der Waals surface area contributed by atoms with Crippen molar-refractivity contribution in [2.24, 2.45) is 0 Å². The van der Waals surface area contributed by atoms with E-state index in [0.717, 1.165) is 10.4 Å². The lowest BCUT2D eigenvalue weighted by atomic mass is 10.1. The summed E-state index contributed by atoms with van der Waals surface area (Å²) in [7, 11) is -3.90. The summed E-state index contributed by atoms with van der Waals surface area (Å²) in [4.78, 5) is 17.0. The van der Waals surface area contributed by atoms with Crippen LogP contribution in [0.1, 0.15) is 35.2 Å². The van der Waals surface area contributed by atoms with Crippen LogP contribution in [0.25, 0.3) is 11.5 Å². The first-order valence-electron chi connectivity index (χ1n) is 9.74. The van der Waals surface area contributed by atoms with E-state index in [1.54, 1.807) is 32.9 Å². The third kappa shape index (κ3) is 4.34. The van der Waals surface area contributed by atoms with Crippen LogP contribution in [0, 0.1) is 13.8 Å². The molecule has 0 spiro atoms. The van der Waals surface area contributed by atoms with Crippen LogP contribution in [0.3, 0.4) is 0 Å². The van der Waals surface area contributed by atoms with Gasteiger partial charge in [0, 0.05) is 17.0 Å². The third-order valence-corrected chi connectivity index (χ3v) is 7.62. The number of aryl methyl sites for hydroxylation is 2. The molecule has 0 unspecified atom stereocenters. The standard InChI is InChI=1S/C20H22N4O5S2/c1-4-17(25)22-13-5-6-16(11(2)9-13)31(26,27)24-20-18(19-21-12(3)23-29-19)14-7-8-28-10-15(14)30-20/h5-6,9,24H,4,7-8,10H2,1-3H3,(H,22,25). The van der Waals surface area contributed by atoms with Crippen molar-refractivity contribution in [3.8, 4) is 11.5 Å². The number of benzene rings is 1. The van der Waals surface area contributed by atoms with Crippen LogP contribution in [-0.2, 0) is 32.6 Å². The molecule has 164 valence electrons. The first-order chi connectivity index (χ1) is 14.8. The number of anilines is 2. The Morgan fingerprint density at radius 3 is 2.77 bits per heavy atom. The van der Waals surface area contributed by atoms with Crippen molar-refractivity contribution in [2.75, 3.05) is 16.6 Å². The van der Waals surface area contributed by atoms with Gasteiger partial charge in [0.25, 0.3) is 15.9 Å². The van der Waals surface area contributed by atoms with Crippen LogP contribution in [0.15, 0.2) is 27.6 Å². The second-order valence-electron chi connectivity index (χ2n) is 7.14. The van der Waals surface area contributed by atoms with E-state index in [9.17, 15) is 13.2 Å². The highest BCUT2D eigenvalue weighted by molar-refractivity contribution is 7.93. The van der Waals surface area contributed by atoms with E-state index in [2.05, 4.69) is 20.2 Å². The molecule has 1 aromatic carbocycles. The van der Waals surface area contributed by atoms with Crippen LogP contribution in [0.4, 0.5) is 10.7 Å². The predicted octanol–water partition coefficient (Wildman–Crippen LogP) is 3.64.